The van der Waals surface area contributed by atoms with Gasteiger partial charge in [-0.2, -0.15) is 0 Å². The molecule has 5 rings (SSSR count). The van der Waals surface area contributed by atoms with Crippen LogP contribution in [0.2, 0.25) is 10.0 Å². The molecule has 0 atom stereocenters. The smallest absolute Gasteiger partial charge is 0.258 e. The molecule has 40 heavy (non-hydrogen) atoms. The predicted molar refractivity (Wildman–Crippen MR) is 159 cm³/mol. The number of nitrogens with zero attached hydrogens (tertiary/aromatic N) is 6. The second kappa shape index (κ2) is 12.1. The van der Waals surface area contributed by atoms with E-state index in [4.69, 9.17) is 27.9 Å². The Morgan fingerprint density at radius 2 is 1.90 bits per heavy atom. The number of methoxy groups -OCH3 is 1. The molecular weight excluding hydrogens is 575 g/mol. The number of nitrogens with one attached hydrogen (secondary N) is 2. The number of fused-ring (bicyclic) bond motifs is 1. The normalized spacial score (nSPS) is 14.0. The van der Waals surface area contributed by atoms with Crippen LogP contribution in [0.25, 0.3) is 10.2 Å². The lowest BCUT2D eigenvalue weighted by Gasteiger charge is -2.35. The second-order valence-electron chi connectivity index (χ2n) is 9.24. The Balaban J connectivity index is 1.39. The molecule has 3 N–H and O–H groups in total. The van der Waals surface area contributed by atoms with Gasteiger partial charge in [0.25, 0.3) is 5.91 Å². The van der Waals surface area contributed by atoms with Gasteiger partial charge in [0.1, 0.15) is 34.6 Å². The Kier molecular flexibility index (Phi) is 8.52. The highest BCUT2D eigenvalue weighted by Crippen LogP contribution is 2.41. The summed E-state index contributed by atoms with van der Waals surface area (Å²) in [7, 11) is 1.50. The quantitative estimate of drug-likeness (QED) is 0.264. The van der Waals surface area contributed by atoms with Crippen LogP contribution in [0.3, 0.4) is 0 Å². The minimum atomic E-state index is -0.409. The summed E-state index contributed by atoms with van der Waals surface area (Å²) in [5, 5.41) is 17.6. The Morgan fingerprint density at radius 1 is 1.12 bits per heavy atom. The number of thiophene rings is 1. The molecule has 1 aliphatic rings. The van der Waals surface area contributed by atoms with E-state index >= 15 is 0 Å². The zero-order valence-corrected chi connectivity index (χ0v) is 24.5. The molecule has 0 saturated carbocycles. The fourth-order valence-corrected chi connectivity index (χ4v) is 5.98. The molecule has 0 unspecified atom stereocenters. The van der Waals surface area contributed by atoms with Gasteiger partial charge in [-0.1, -0.05) is 23.2 Å². The lowest BCUT2D eigenvalue weighted by Crippen LogP contribution is -2.47. The zero-order chi connectivity index (χ0) is 28.4. The van der Waals surface area contributed by atoms with Crippen LogP contribution in [0.15, 0.2) is 23.8 Å². The number of ether oxygens (including phenoxy) is 1. The fourth-order valence-electron chi connectivity index (χ4n) is 4.52. The molecule has 1 amide bonds. The molecule has 0 radical (unpaired) electrons. The minimum Gasteiger partial charge on any atom is -0.495 e. The number of carbonyl (C=O) groups excluding carboxylic acids is 1. The van der Waals surface area contributed by atoms with Gasteiger partial charge in [-0.15, -0.1) is 11.3 Å². The van der Waals surface area contributed by atoms with Crippen LogP contribution in [0, 0.1) is 13.8 Å². The maximum absolute atomic E-state index is 13.3. The number of carbonyl (C=O) groups is 1. The van der Waals surface area contributed by atoms with Crippen LogP contribution in [0.1, 0.15) is 21.7 Å². The molecule has 14 heteroatoms. The van der Waals surface area contributed by atoms with E-state index in [1.165, 1.54) is 24.8 Å². The van der Waals surface area contributed by atoms with E-state index in [1.54, 1.807) is 18.4 Å². The summed E-state index contributed by atoms with van der Waals surface area (Å²) in [4.78, 5) is 35.7. The minimum absolute atomic E-state index is 0.155. The first kappa shape index (κ1) is 28.2. The van der Waals surface area contributed by atoms with Crippen molar-refractivity contribution in [3.8, 4) is 5.75 Å². The van der Waals surface area contributed by atoms with Gasteiger partial charge < -0.3 is 25.4 Å². The molecule has 11 nitrogen and oxygen atoms in total. The molecule has 0 spiro atoms. The summed E-state index contributed by atoms with van der Waals surface area (Å²) in [6.45, 7) is 7.79. The van der Waals surface area contributed by atoms with Gasteiger partial charge in [0.15, 0.2) is 5.82 Å². The molecule has 0 aliphatic carbocycles. The number of aliphatic hydroxyl groups excluding tert-OH is 1. The molecule has 0 bridgehead atoms. The number of piperazine rings is 1. The third kappa shape index (κ3) is 5.77. The van der Waals surface area contributed by atoms with Crippen molar-refractivity contribution < 1.29 is 14.6 Å². The van der Waals surface area contributed by atoms with Crippen molar-refractivity contribution in [2.24, 2.45) is 0 Å². The van der Waals surface area contributed by atoms with Crippen LogP contribution in [-0.2, 0) is 0 Å². The number of anilines is 4. The maximum Gasteiger partial charge on any atom is 0.258 e. The third-order valence-corrected chi connectivity index (χ3v) is 8.43. The first-order valence-electron chi connectivity index (χ1n) is 12.6. The Bertz CT molecular complexity index is 1560. The number of amides is 1. The lowest BCUT2D eigenvalue weighted by molar-refractivity contribution is 0.102. The number of aryl methyl sites for hydroxylation is 2. The van der Waals surface area contributed by atoms with E-state index in [2.05, 4.69) is 40.4 Å². The SMILES string of the molecule is COc1cc(C)c(Cl)c(NC(=O)c2csc3c(Nc4cc(N5CCN(CCO)CC5)nc(C)n4)ncnc23)c1Cl. The van der Waals surface area contributed by atoms with Crippen LogP contribution in [0.5, 0.6) is 5.75 Å². The van der Waals surface area contributed by atoms with E-state index < -0.39 is 5.91 Å². The number of rotatable bonds is 8. The number of aromatic nitrogens is 4. The van der Waals surface area contributed by atoms with Crippen molar-refractivity contribution in [2.75, 3.05) is 62.0 Å². The van der Waals surface area contributed by atoms with Crippen molar-refractivity contribution in [3.05, 3.63) is 50.8 Å². The van der Waals surface area contributed by atoms with E-state index in [-0.39, 0.29) is 17.3 Å². The molecule has 4 aromatic rings. The summed E-state index contributed by atoms with van der Waals surface area (Å²) < 4.78 is 6.01. The third-order valence-electron chi connectivity index (χ3n) is 6.59. The highest BCUT2D eigenvalue weighted by molar-refractivity contribution is 7.18. The second-order valence-corrected chi connectivity index (χ2v) is 10.9. The van der Waals surface area contributed by atoms with Crippen molar-refractivity contribution >= 4 is 73.8 Å². The van der Waals surface area contributed by atoms with E-state index in [0.29, 0.717) is 56.1 Å². The molecule has 210 valence electrons. The fraction of sp³-hybridized carbons (Fsp3) is 0.346. The number of hydrogen-bond donors (Lipinski definition) is 3. The van der Waals surface area contributed by atoms with Crippen LogP contribution in [0.4, 0.5) is 23.1 Å². The van der Waals surface area contributed by atoms with Gasteiger partial charge in [0, 0.05) is 44.2 Å². The number of benzene rings is 1. The zero-order valence-electron chi connectivity index (χ0n) is 22.2. The van der Waals surface area contributed by atoms with Crippen molar-refractivity contribution in [1.82, 2.24) is 24.8 Å². The number of halogens is 2. The summed E-state index contributed by atoms with van der Waals surface area (Å²) in [5.41, 5.74) is 1.84. The monoisotopic (exact) mass is 602 g/mol. The van der Waals surface area contributed by atoms with E-state index in [1.807, 2.05) is 13.0 Å². The largest absolute Gasteiger partial charge is 0.495 e. The Labute approximate surface area is 245 Å². The molecule has 1 aliphatic heterocycles. The molecule has 4 heterocycles. The molecule has 1 fully saturated rings. The molecule has 1 aromatic carbocycles. The van der Waals surface area contributed by atoms with Crippen LogP contribution >= 0.6 is 34.5 Å². The summed E-state index contributed by atoms with van der Waals surface area (Å²) in [6.07, 6.45) is 1.40. The van der Waals surface area contributed by atoms with Gasteiger partial charge in [-0.3, -0.25) is 9.69 Å². The summed E-state index contributed by atoms with van der Waals surface area (Å²) >= 11 is 14.2. The van der Waals surface area contributed by atoms with Gasteiger partial charge in [0.2, 0.25) is 0 Å². The Hall–Kier alpha value is -3.29. The van der Waals surface area contributed by atoms with E-state index in [0.717, 1.165) is 32.0 Å². The van der Waals surface area contributed by atoms with Crippen LogP contribution < -0.4 is 20.3 Å². The molecule has 1 saturated heterocycles. The molecule has 3 aromatic heterocycles. The molecular formula is C26H28Cl2N8O3S. The topological polar surface area (TPSA) is 129 Å². The highest BCUT2D eigenvalue weighted by atomic mass is 35.5. The van der Waals surface area contributed by atoms with Crippen molar-refractivity contribution in [1.29, 1.82) is 0 Å². The summed E-state index contributed by atoms with van der Waals surface area (Å²) in [6, 6.07) is 3.60. The number of β-amino-alcohol motifs (C(OH)–C–C–N with tert-alkyl or cyclic N) is 1. The Morgan fingerprint density at radius 3 is 2.62 bits per heavy atom. The van der Waals surface area contributed by atoms with Gasteiger partial charge >= 0.3 is 0 Å². The lowest BCUT2D eigenvalue weighted by atomic mass is 10.2. The van der Waals surface area contributed by atoms with Gasteiger partial charge in [-0.25, -0.2) is 19.9 Å². The first-order valence-corrected chi connectivity index (χ1v) is 14.2. The van der Waals surface area contributed by atoms with Gasteiger partial charge in [0.05, 0.1) is 40.2 Å². The first-order chi connectivity index (χ1) is 19.3. The standard InChI is InChI=1S/C26H28Cl2N8O3S/c1-14-10-17(39-3)21(28)23(20(14)27)34-26(38)16-12-40-24-22(16)29-13-30-25(24)33-18-11-19(32-15(2)31-18)36-6-4-35(5-7-36)8-9-37/h10-13,37H,4-9H2,1-3H3,(H,34,38)(H,29,30,31,32,33). The number of hydrogen-bond acceptors (Lipinski definition) is 11. The number of aliphatic hydroxyl groups is 1. The van der Waals surface area contributed by atoms with E-state index in [9.17, 15) is 9.90 Å². The predicted octanol–water partition coefficient (Wildman–Crippen LogP) is 4.52. The highest BCUT2D eigenvalue weighted by Gasteiger charge is 2.22. The van der Waals surface area contributed by atoms with Crippen LogP contribution in [-0.4, -0.2) is 82.3 Å². The van der Waals surface area contributed by atoms with Crippen molar-refractivity contribution in [3.63, 3.8) is 0 Å². The van der Waals surface area contributed by atoms with Crippen molar-refractivity contribution in [2.45, 2.75) is 13.8 Å². The maximum atomic E-state index is 13.3. The average molecular weight is 604 g/mol. The average Bonchev–Trinajstić information content (AvgIpc) is 3.39. The van der Waals surface area contributed by atoms with Gasteiger partial charge in [-0.05, 0) is 25.5 Å². The summed E-state index contributed by atoms with van der Waals surface area (Å²) in [5.74, 6) is 2.56.